The van der Waals surface area contributed by atoms with Crippen LogP contribution < -0.4 is 5.32 Å². The smallest absolute Gasteiger partial charge is 0.337 e. The molecule has 1 N–H and O–H groups in total. The Balaban J connectivity index is 3.72. The summed E-state index contributed by atoms with van der Waals surface area (Å²) in [4.78, 5) is 10.6. The molecule has 0 rings (SSSR count). The average Bonchev–Trinajstić information content (AvgIpc) is 1.87. The third kappa shape index (κ3) is 2.69. The molecule has 0 aliphatic heterocycles. The predicted molar refractivity (Wildman–Crippen MR) is 36.4 cm³/mol. The fourth-order valence-electron chi connectivity index (χ4n) is 0.387. The molecule has 0 aliphatic carbocycles. The van der Waals surface area contributed by atoms with Gasteiger partial charge in [-0.3, -0.25) is 0 Å². The highest BCUT2D eigenvalue weighted by Gasteiger charge is 1.99. The lowest BCUT2D eigenvalue weighted by Crippen LogP contribution is -2.30. The van der Waals surface area contributed by atoms with Gasteiger partial charge in [-0.25, -0.2) is 9.80 Å². The first-order valence-corrected chi connectivity index (χ1v) is 2.66. The fraction of sp³-hybridized carbons (Fsp3) is 0.600. The van der Waals surface area contributed by atoms with Crippen LogP contribution in [-0.2, 0) is 0 Å². The fourth-order valence-corrected chi connectivity index (χ4v) is 0.387. The number of amides is 2. The summed E-state index contributed by atoms with van der Waals surface area (Å²) in [5, 5.41) is 7.34. The van der Waals surface area contributed by atoms with Gasteiger partial charge in [0.2, 0.25) is 0 Å². The molecule has 0 heterocycles. The van der Waals surface area contributed by atoms with Gasteiger partial charge in [-0.2, -0.15) is 5.10 Å². The Kier molecular flexibility index (Phi) is 3.43. The second-order valence-electron chi connectivity index (χ2n) is 1.45. The molecule has 0 radical (unpaired) electrons. The van der Waals surface area contributed by atoms with E-state index in [4.69, 9.17) is 0 Å². The molecule has 0 fully saturated rings. The van der Waals surface area contributed by atoms with Crippen molar-refractivity contribution in [3.63, 3.8) is 0 Å². The van der Waals surface area contributed by atoms with Gasteiger partial charge in [0.1, 0.15) is 0 Å². The summed E-state index contributed by atoms with van der Waals surface area (Å²) in [6.07, 6.45) is 1.55. The first-order valence-electron chi connectivity index (χ1n) is 2.66. The monoisotopic (exact) mass is 129 g/mol. The molecule has 4 nitrogen and oxygen atoms in total. The van der Waals surface area contributed by atoms with E-state index >= 15 is 0 Å². The zero-order valence-electron chi connectivity index (χ0n) is 5.88. The molecule has 0 unspecified atom stereocenters. The second kappa shape index (κ2) is 3.88. The highest BCUT2D eigenvalue weighted by Crippen LogP contribution is 1.80. The Morgan fingerprint density at radius 2 is 2.33 bits per heavy atom. The molecule has 0 aliphatic rings. The van der Waals surface area contributed by atoms with Crippen molar-refractivity contribution < 1.29 is 4.79 Å². The van der Waals surface area contributed by atoms with Crippen LogP contribution in [0, 0.1) is 0 Å². The maximum atomic E-state index is 10.6. The van der Waals surface area contributed by atoms with E-state index in [2.05, 4.69) is 10.4 Å². The van der Waals surface area contributed by atoms with Gasteiger partial charge in [0.05, 0.1) is 0 Å². The third-order valence-electron chi connectivity index (χ3n) is 0.796. The molecule has 0 saturated heterocycles. The number of nitrogens with one attached hydrogen (secondary N) is 1. The average molecular weight is 129 g/mol. The molecule has 9 heavy (non-hydrogen) atoms. The number of carbonyl (C=O) groups is 1. The summed E-state index contributed by atoms with van der Waals surface area (Å²) in [7, 11) is 3.14. The van der Waals surface area contributed by atoms with Gasteiger partial charge in [0.25, 0.3) is 0 Å². The van der Waals surface area contributed by atoms with Crippen LogP contribution in [0.15, 0.2) is 5.10 Å². The van der Waals surface area contributed by atoms with Gasteiger partial charge in [-0.1, -0.05) is 0 Å². The molecule has 0 atom stereocenters. The summed E-state index contributed by atoms with van der Waals surface area (Å²) < 4.78 is 0. The lowest BCUT2D eigenvalue weighted by molar-refractivity contribution is 0.213. The molecule has 0 saturated carbocycles. The van der Waals surface area contributed by atoms with E-state index in [1.807, 2.05) is 0 Å². The predicted octanol–water partition coefficient (Wildman–Crippen LogP) is 0.263. The van der Waals surface area contributed by atoms with Crippen LogP contribution in [-0.4, -0.2) is 31.3 Å². The third-order valence-corrected chi connectivity index (χ3v) is 0.796. The van der Waals surface area contributed by atoms with Crippen molar-refractivity contribution in [2.45, 2.75) is 6.92 Å². The zero-order chi connectivity index (χ0) is 7.28. The maximum absolute atomic E-state index is 10.6. The van der Waals surface area contributed by atoms with Crippen LogP contribution in [0.5, 0.6) is 0 Å². The minimum Gasteiger partial charge on any atom is -0.340 e. The Bertz CT molecular complexity index is 121. The summed E-state index contributed by atoms with van der Waals surface area (Å²) in [6.45, 7) is 1.75. The number of hydrazone groups is 1. The Hall–Kier alpha value is -1.06. The van der Waals surface area contributed by atoms with E-state index in [0.29, 0.717) is 0 Å². The molecule has 0 bridgehead atoms. The topological polar surface area (TPSA) is 44.7 Å². The minimum atomic E-state index is -0.215. The normalized spacial score (nSPS) is 9.67. The summed E-state index contributed by atoms with van der Waals surface area (Å²) in [5.41, 5.74) is 0. The number of carbonyl (C=O) groups excluding carboxylic acids is 1. The molecular formula is C5H11N3O. The Morgan fingerprint density at radius 1 is 1.78 bits per heavy atom. The summed E-state index contributed by atoms with van der Waals surface area (Å²) in [6, 6.07) is -0.215. The first-order chi connectivity index (χ1) is 4.22. The number of hydrogen-bond acceptors (Lipinski definition) is 2. The number of urea groups is 1. The van der Waals surface area contributed by atoms with Crippen molar-refractivity contribution in [3.8, 4) is 0 Å². The van der Waals surface area contributed by atoms with Gasteiger partial charge < -0.3 is 5.32 Å². The Morgan fingerprint density at radius 3 is 2.67 bits per heavy atom. The van der Waals surface area contributed by atoms with E-state index in [-0.39, 0.29) is 6.03 Å². The summed E-state index contributed by atoms with van der Waals surface area (Å²) >= 11 is 0. The quantitative estimate of drug-likeness (QED) is 0.400. The molecule has 2 amide bonds. The van der Waals surface area contributed by atoms with E-state index in [1.165, 1.54) is 5.01 Å². The van der Waals surface area contributed by atoms with E-state index < -0.39 is 0 Å². The lowest BCUT2D eigenvalue weighted by Gasteiger charge is -2.07. The molecule has 4 heteroatoms. The highest BCUT2D eigenvalue weighted by atomic mass is 16.2. The van der Waals surface area contributed by atoms with Crippen molar-refractivity contribution in [1.82, 2.24) is 10.3 Å². The van der Waals surface area contributed by atoms with Crippen molar-refractivity contribution in [2.75, 3.05) is 14.1 Å². The molecule has 0 aromatic rings. The highest BCUT2D eigenvalue weighted by molar-refractivity contribution is 5.74. The van der Waals surface area contributed by atoms with Crippen molar-refractivity contribution in [2.24, 2.45) is 5.10 Å². The van der Waals surface area contributed by atoms with Crippen molar-refractivity contribution in [3.05, 3.63) is 0 Å². The maximum Gasteiger partial charge on any atom is 0.337 e. The Labute approximate surface area is 54.5 Å². The second-order valence-corrected chi connectivity index (χ2v) is 1.45. The van der Waals surface area contributed by atoms with Crippen LogP contribution in [0.2, 0.25) is 0 Å². The SMILES string of the molecule is C/C=N\N(C)C(=O)NC. The first kappa shape index (κ1) is 7.94. The van der Waals surface area contributed by atoms with Gasteiger partial charge >= 0.3 is 6.03 Å². The van der Waals surface area contributed by atoms with Crippen LogP contribution >= 0.6 is 0 Å². The minimum absolute atomic E-state index is 0.215. The zero-order valence-corrected chi connectivity index (χ0v) is 5.88. The molecule has 0 aromatic heterocycles. The summed E-state index contributed by atoms with van der Waals surface area (Å²) in [5.74, 6) is 0. The number of hydrogen-bond donors (Lipinski definition) is 1. The molecule has 0 spiro atoms. The van der Waals surface area contributed by atoms with Gasteiger partial charge in [0, 0.05) is 20.3 Å². The van der Waals surface area contributed by atoms with Crippen LogP contribution in [0.1, 0.15) is 6.92 Å². The van der Waals surface area contributed by atoms with Crippen molar-refractivity contribution >= 4 is 12.2 Å². The molecule has 0 aromatic carbocycles. The standard InChI is InChI=1S/C5H11N3O/c1-4-7-8(3)5(9)6-2/h4H,1-3H3,(H,6,9)/b7-4-. The van der Waals surface area contributed by atoms with Gasteiger partial charge in [-0.05, 0) is 6.92 Å². The largest absolute Gasteiger partial charge is 0.340 e. The number of rotatable bonds is 1. The van der Waals surface area contributed by atoms with Gasteiger partial charge in [-0.15, -0.1) is 0 Å². The van der Waals surface area contributed by atoms with Crippen LogP contribution in [0.3, 0.4) is 0 Å². The van der Waals surface area contributed by atoms with E-state index in [9.17, 15) is 4.79 Å². The van der Waals surface area contributed by atoms with Gasteiger partial charge in [0.15, 0.2) is 0 Å². The molecular weight excluding hydrogens is 118 g/mol. The lowest BCUT2D eigenvalue weighted by atomic mass is 10.9. The van der Waals surface area contributed by atoms with E-state index in [0.717, 1.165) is 0 Å². The van der Waals surface area contributed by atoms with Crippen LogP contribution in [0.25, 0.3) is 0 Å². The molecule has 52 valence electrons. The number of nitrogens with zero attached hydrogens (tertiary/aromatic N) is 2. The van der Waals surface area contributed by atoms with Crippen molar-refractivity contribution in [1.29, 1.82) is 0 Å². The van der Waals surface area contributed by atoms with E-state index in [1.54, 1.807) is 27.2 Å². The van der Waals surface area contributed by atoms with Crippen LogP contribution in [0.4, 0.5) is 4.79 Å².